The molecule has 0 unspecified atom stereocenters. The first-order chi connectivity index (χ1) is 19.9. The molecule has 0 atom stereocenters. The van der Waals surface area contributed by atoms with Crippen LogP contribution in [0.4, 0.5) is 0 Å². The summed E-state index contributed by atoms with van der Waals surface area (Å²) in [7, 11) is 2.55. The van der Waals surface area contributed by atoms with Gasteiger partial charge in [0.2, 0.25) is 0 Å². The highest BCUT2D eigenvalue weighted by atomic mass is 28.4. The van der Waals surface area contributed by atoms with Gasteiger partial charge in [-0.25, -0.2) is 0 Å². The molecule has 0 aliphatic carbocycles. The van der Waals surface area contributed by atoms with Crippen LogP contribution in [0.2, 0.25) is 6.04 Å². The van der Waals surface area contributed by atoms with E-state index >= 15 is 0 Å². The van der Waals surface area contributed by atoms with Crippen LogP contribution in [0, 0.1) is 0 Å². The summed E-state index contributed by atoms with van der Waals surface area (Å²) >= 11 is 0. The van der Waals surface area contributed by atoms with Gasteiger partial charge in [-0.3, -0.25) is 24.7 Å². The third-order valence-electron chi connectivity index (χ3n) is 7.10. The van der Waals surface area contributed by atoms with Crippen LogP contribution in [-0.4, -0.2) is 120 Å². The second-order valence-electron chi connectivity index (χ2n) is 12.9. The zero-order chi connectivity index (χ0) is 31.5. The normalized spacial score (nSPS) is 16.9. The molecule has 0 aromatic rings. The van der Waals surface area contributed by atoms with Crippen molar-refractivity contribution in [3.05, 3.63) is 0 Å². The molecule has 1 heterocycles. The summed E-state index contributed by atoms with van der Waals surface area (Å²) in [4.78, 5) is 17.4. The topological polar surface area (TPSA) is 86.2 Å². The van der Waals surface area contributed by atoms with Crippen LogP contribution in [0.25, 0.3) is 0 Å². The number of unbranched alkanes of at least 4 members (excludes halogenated alkanes) is 2. The summed E-state index contributed by atoms with van der Waals surface area (Å²) in [6.07, 6.45) is 7.65. The van der Waals surface area contributed by atoms with E-state index in [9.17, 15) is 0 Å². The fourth-order valence-corrected chi connectivity index (χ4v) is 7.08. The van der Waals surface area contributed by atoms with Gasteiger partial charge in [-0.15, -0.1) is 0 Å². The zero-order valence-electron chi connectivity index (χ0n) is 29.2. The third kappa shape index (κ3) is 17.3. The highest BCUT2D eigenvalue weighted by Crippen LogP contribution is 2.17. The summed E-state index contributed by atoms with van der Waals surface area (Å²) in [6.45, 7) is 23.6. The van der Waals surface area contributed by atoms with Crippen molar-refractivity contribution in [1.29, 1.82) is 0 Å². The Labute approximate surface area is 260 Å². The van der Waals surface area contributed by atoms with E-state index < -0.39 is 8.80 Å². The molecule has 248 valence electrons. The van der Waals surface area contributed by atoms with Gasteiger partial charge in [-0.05, 0) is 87.5 Å². The molecule has 1 aliphatic heterocycles. The first-order valence-corrected chi connectivity index (χ1v) is 18.3. The highest BCUT2D eigenvalue weighted by molar-refractivity contribution is 6.60. The molecule has 0 aromatic heterocycles. The Morgan fingerprint density at radius 3 is 1.26 bits per heavy atom. The zero-order valence-corrected chi connectivity index (χ0v) is 30.2. The minimum Gasteiger partial charge on any atom is -0.377 e. The number of nitrogens with one attached hydrogen (secondary N) is 2. The Kier molecular flexibility index (Phi) is 20.0. The van der Waals surface area contributed by atoms with Crippen LogP contribution in [0.15, 0.2) is 9.98 Å². The van der Waals surface area contributed by atoms with Gasteiger partial charge in [0.25, 0.3) is 0 Å². The van der Waals surface area contributed by atoms with E-state index in [0.717, 1.165) is 89.5 Å². The Bertz CT molecular complexity index is 705. The molecule has 10 nitrogen and oxygen atoms in total. The number of nitrogens with zero attached hydrogens (tertiary/aromatic N) is 5. The molecule has 0 amide bonds. The molecule has 0 bridgehead atoms. The van der Waals surface area contributed by atoms with E-state index in [1.165, 1.54) is 12.8 Å². The van der Waals surface area contributed by atoms with Crippen molar-refractivity contribution >= 4 is 20.5 Å². The van der Waals surface area contributed by atoms with Gasteiger partial charge in [0.05, 0.1) is 31.7 Å². The quantitative estimate of drug-likeness (QED) is 0.0810. The predicted molar refractivity (Wildman–Crippen MR) is 180 cm³/mol. The van der Waals surface area contributed by atoms with Crippen LogP contribution >= 0.6 is 0 Å². The minimum atomic E-state index is -2.55. The van der Waals surface area contributed by atoms with Crippen LogP contribution in [0.1, 0.15) is 100 Å². The van der Waals surface area contributed by atoms with Gasteiger partial charge in [-0.1, -0.05) is 0 Å². The van der Waals surface area contributed by atoms with E-state index in [4.69, 9.17) is 23.3 Å². The summed E-state index contributed by atoms with van der Waals surface area (Å²) in [5.74, 6) is 2.30. The summed E-state index contributed by atoms with van der Waals surface area (Å²) in [5.41, 5.74) is 0. The van der Waals surface area contributed by atoms with Gasteiger partial charge >= 0.3 is 8.80 Å². The number of hydrogen-bond donors (Lipinski definition) is 2. The van der Waals surface area contributed by atoms with Crippen LogP contribution < -0.4 is 10.6 Å². The second kappa shape index (κ2) is 21.6. The molecule has 11 heteroatoms. The molecule has 0 aromatic carbocycles. The summed E-state index contributed by atoms with van der Waals surface area (Å²) in [5, 5.41) is 7.10. The molecule has 2 N–H and O–H groups in total. The lowest BCUT2D eigenvalue weighted by Crippen LogP contribution is -2.55. The van der Waals surface area contributed by atoms with Crippen LogP contribution in [0.3, 0.4) is 0 Å². The highest BCUT2D eigenvalue weighted by Gasteiger charge is 2.37. The molecule has 1 rings (SSSR count). The van der Waals surface area contributed by atoms with Gasteiger partial charge in [0.15, 0.2) is 0 Å². The molecule has 1 fully saturated rings. The van der Waals surface area contributed by atoms with Crippen molar-refractivity contribution in [3.63, 3.8) is 0 Å². The molecule has 0 spiro atoms. The maximum Gasteiger partial charge on any atom is 0.500 e. The maximum absolute atomic E-state index is 5.66. The smallest absolute Gasteiger partial charge is 0.377 e. The van der Waals surface area contributed by atoms with Gasteiger partial charge in [-0.2, -0.15) is 0 Å². The fraction of sp³-hybridized carbons (Fsp3) is 0.935. The number of amidine groups is 2. The molecule has 1 aliphatic rings. The predicted octanol–water partition coefficient (Wildman–Crippen LogP) is 5.00. The number of aliphatic imine (C=N–C) groups is 2. The van der Waals surface area contributed by atoms with Crippen molar-refractivity contribution in [1.82, 2.24) is 25.3 Å². The Hall–Kier alpha value is -1.08. The molecule has 1 saturated heterocycles. The fourth-order valence-electron chi connectivity index (χ4n) is 5.38. The third-order valence-corrected chi connectivity index (χ3v) is 9.94. The number of rotatable bonds is 21. The van der Waals surface area contributed by atoms with Gasteiger partial charge in [0.1, 0.15) is 0 Å². The van der Waals surface area contributed by atoms with Crippen molar-refractivity contribution < 1.29 is 13.3 Å². The Balaban J connectivity index is 2.73. The lowest BCUT2D eigenvalue weighted by Gasteiger charge is -2.42. The lowest BCUT2D eigenvalue weighted by molar-refractivity contribution is -0.0307. The van der Waals surface area contributed by atoms with Crippen molar-refractivity contribution in [2.45, 2.75) is 131 Å². The van der Waals surface area contributed by atoms with Gasteiger partial charge < -0.3 is 23.9 Å². The van der Waals surface area contributed by atoms with E-state index in [1.807, 2.05) is 0 Å². The lowest BCUT2D eigenvalue weighted by atomic mass is 10.2. The molecule has 0 radical (unpaired) electrons. The largest absolute Gasteiger partial charge is 0.500 e. The maximum atomic E-state index is 5.66. The summed E-state index contributed by atoms with van der Waals surface area (Å²) < 4.78 is 17.0. The van der Waals surface area contributed by atoms with Crippen LogP contribution in [-0.2, 0) is 13.3 Å². The molecule has 42 heavy (non-hydrogen) atoms. The summed E-state index contributed by atoms with van der Waals surface area (Å²) in [6, 6.07) is 2.29. The SMILES string of the molecule is CO[Si](CCCN1CN(CCCCC(=NC(C)C)NC(C)C)CN(CCCCC(=NC(C)C)NC(C)C)C1)(OC)OC. The van der Waals surface area contributed by atoms with Crippen molar-refractivity contribution in [2.75, 3.05) is 61.0 Å². The van der Waals surface area contributed by atoms with Crippen molar-refractivity contribution in [3.8, 4) is 0 Å². The van der Waals surface area contributed by atoms with E-state index in [1.54, 1.807) is 21.3 Å². The standard InChI is InChI=1S/C31H67N7O3Si/c1-26(2)32-30(33-27(3)4)17-12-14-19-36-23-37(20-15-13-18-31(34-28(5)6)35-29(7)8)25-38(24-36)21-16-22-42(39-9,40-10)41-11/h26-29H,12-25H2,1-11H3,(H,32,33)(H,34,35). The first-order valence-electron chi connectivity index (χ1n) is 16.4. The van der Waals surface area contributed by atoms with Gasteiger partial charge in [0, 0.05) is 84.0 Å². The van der Waals surface area contributed by atoms with E-state index in [0.29, 0.717) is 24.2 Å². The molecule has 0 saturated carbocycles. The molecular formula is C31H67N7O3Si. The average Bonchev–Trinajstić information content (AvgIpc) is 2.90. The Morgan fingerprint density at radius 2 is 0.952 bits per heavy atom. The number of hydrogen-bond acceptors (Lipinski definition) is 8. The average molecular weight is 614 g/mol. The van der Waals surface area contributed by atoms with E-state index in [-0.39, 0.29) is 0 Å². The van der Waals surface area contributed by atoms with E-state index in [2.05, 4.69) is 80.7 Å². The Morgan fingerprint density at radius 1 is 0.595 bits per heavy atom. The monoisotopic (exact) mass is 614 g/mol. The molecular weight excluding hydrogens is 546 g/mol. The van der Waals surface area contributed by atoms with Crippen molar-refractivity contribution in [2.24, 2.45) is 9.98 Å². The minimum absolute atomic E-state index is 0.320. The van der Waals surface area contributed by atoms with Crippen LogP contribution in [0.5, 0.6) is 0 Å². The second-order valence-corrected chi connectivity index (χ2v) is 15.9. The first kappa shape index (κ1) is 38.9.